The number of hydrogen-bond acceptors (Lipinski definition) is 4. The number of halogens is 2. The summed E-state index contributed by atoms with van der Waals surface area (Å²) in [7, 11) is 1.44. The highest BCUT2D eigenvalue weighted by atomic mass is 127. The SMILES string of the molecule is C.COc1cc(/C=N/NC(=O)c2cccc(F)c2)cc(I)c1O. The smallest absolute Gasteiger partial charge is 0.271 e. The number of rotatable bonds is 4. The summed E-state index contributed by atoms with van der Waals surface area (Å²) in [6.45, 7) is 0. The third-order valence-corrected chi connectivity index (χ3v) is 3.56. The summed E-state index contributed by atoms with van der Waals surface area (Å²) >= 11 is 1.96. The van der Waals surface area contributed by atoms with Crippen LogP contribution in [0.15, 0.2) is 41.5 Å². The minimum absolute atomic E-state index is 0. The van der Waals surface area contributed by atoms with Gasteiger partial charge in [0, 0.05) is 5.56 Å². The van der Waals surface area contributed by atoms with Crippen LogP contribution in [0.3, 0.4) is 0 Å². The molecule has 0 spiro atoms. The second kappa shape index (κ2) is 8.47. The van der Waals surface area contributed by atoms with Gasteiger partial charge in [-0.05, 0) is 58.5 Å². The number of nitrogens with zero attached hydrogens (tertiary/aromatic N) is 1. The molecule has 2 aromatic carbocycles. The van der Waals surface area contributed by atoms with E-state index in [1.54, 1.807) is 12.1 Å². The molecule has 0 unspecified atom stereocenters. The summed E-state index contributed by atoms with van der Waals surface area (Å²) in [5.41, 5.74) is 3.12. The normalized spacial score (nSPS) is 10.2. The molecule has 2 aromatic rings. The molecule has 0 aliphatic heterocycles. The zero-order chi connectivity index (χ0) is 16.1. The van der Waals surface area contributed by atoms with Gasteiger partial charge in [-0.2, -0.15) is 5.10 Å². The second-order valence-electron chi connectivity index (χ2n) is 4.26. The average Bonchev–Trinajstić information content (AvgIpc) is 2.50. The van der Waals surface area contributed by atoms with Crippen molar-refractivity contribution in [2.45, 2.75) is 7.43 Å². The minimum atomic E-state index is -0.517. The van der Waals surface area contributed by atoms with Crippen LogP contribution in [0.2, 0.25) is 0 Å². The molecule has 122 valence electrons. The second-order valence-corrected chi connectivity index (χ2v) is 5.43. The highest BCUT2D eigenvalue weighted by molar-refractivity contribution is 14.1. The lowest BCUT2D eigenvalue weighted by Gasteiger charge is -2.06. The van der Waals surface area contributed by atoms with Crippen molar-refractivity contribution >= 4 is 34.7 Å². The highest BCUT2D eigenvalue weighted by Gasteiger charge is 2.08. The van der Waals surface area contributed by atoms with Gasteiger partial charge in [0.05, 0.1) is 16.9 Å². The first-order chi connectivity index (χ1) is 10.5. The molecule has 0 saturated carbocycles. The number of amides is 1. The number of nitrogens with one attached hydrogen (secondary N) is 1. The molecular weight excluding hydrogens is 414 g/mol. The first kappa shape index (κ1) is 18.9. The fourth-order valence-corrected chi connectivity index (χ4v) is 2.31. The number of aromatic hydroxyl groups is 1. The van der Waals surface area contributed by atoms with Gasteiger partial charge in [-0.3, -0.25) is 4.79 Å². The topological polar surface area (TPSA) is 70.9 Å². The Kier molecular flexibility index (Phi) is 6.95. The Balaban J connectivity index is 0.00000264. The third kappa shape index (κ3) is 4.92. The summed E-state index contributed by atoms with van der Waals surface area (Å²) in [5, 5.41) is 13.5. The van der Waals surface area contributed by atoms with E-state index in [-0.39, 0.29) is 18.7 Å². The molecule has 2 rings (SSSR count). The van der Waals surface area contributed by atoms with Crippen LogP contribution in [-0.4, -0.2) is 24.3 Å². The molecule has 0 heterocycles. The van der Waals surface area contributed by atoms with Gasteiger partial charge in [-0.25, -0.2) is 9.82 Å². The molecule has 23 heavy (non-hydrogen) atoms. The Morgan fingerprint density at radius 1 is 1.39 bits per heavy atom. The summed E-state index contributed by atoms with van der Waals surface area (Å²) in [6, 6.07) is 8.56. The number of carbonyl (C=O) groups excluding carboxylic acids is 1. The molecule has 0 saturated heterocycles. The van der Waals surface area contributed by atoms with Crippen molar-refractivity contribution in [2.75, 3.05) is 7.11 Å². The van der Waals surface area contributed by atoms with Crippen LogP contribution >= 0.6 is 22.6 Å². The Morgan fingerprint density at radius 2 is 2.13 bits per heavy atom. The highest BCUT2D eigenvalue weighted by Crippen LogP contribution is 2.31. The van der Waals surface area contributed by atoms with Crippen LogP contribution in [0.5, 0.6) is 11.5 Å². The number of phenols is 1. The zero-order valence-corrected chi connectivity index (χ0v) is 13.7. The van der Waals surface area contributed by atoms with E-state index >= 15 is 0 Å². The quantitative estimate of drug-likeness (QED) is 0.443. The van der Waals surface area contributed by atoms with Crippen LogP contribution < -0.4 is 10.2 Å². The predicted molar refractivity (Wildman–Crippen MR) is 95.6 cm³/mol. The number of ether oxygens (including phenoxy) is 1. The lowest BCUT2D eigenvalue weighted by molar-refractivity contribution is 0.0954. The van der Waals surface area contributed by atoms with Crippen LogP contribution in [0.4, 0.5) is 4.39 Å². The molecule has 0 bridgehead atoms. The fraction of sp³-hybridized carbons (Fsp3) is 0.125. The summed E-state index contributed by atoms with van der Waals surface area (Å²) in [5.74, 6) is -0.653. The van der Waals surface area contributed by atoms with E-state index in [0.29, 0.717) is 14.9 Å². The molecule has 0 aliphatic rings. The van der Waals surface area contributed by atoms with Gasteiger partial charge in [-0.15, -0.1) is 0 Å². The number of hydrogen-bond donors (Lipinski definition) is 2. The molecular formula is C16H16FIN2O3. The minimum Gasteiger partial charge on any atom is -0.504 e. The molecule has 5 nitrogen and oxygen atoms in total. The maximum absolute atomic E-state index is 13.0. The lowest BCUT2D eigenvalue weighted by atomic mass is 10.2. The largest absolute Gasteiger partial charge is 0.504 e. The van der Waals surface area contributed by atoms with Crippen molar-refractivity contribution in [1.82, 2.24) is 5.43 Å². The maximum atomic E-state index is 13.0. The van der Waals surface area contributed by atoms with Crippen molar-refractivity contribution in [1.29, 1.82) is 0 Å². The van der Waals surface area contributed by atoms with E-state index in [4.69, 9.17) is 4.74 Å². The third-order valence-electron chi connectivity index (χ3n) is 2.74. The summed E-state index contributed by atoms with van der Waals surface area (Å²) in [6.07, 6.45) is 1.40. The Bertz CT molecular complexity index is 735. The van der Waals surface area contributed by atoms with Gasteiger partial charge in [0.25, 0.3) is 5.91 Å². The number of hydrazone groups is 1. The molecule has 0 aromatic heterocycles. The Labute approximate surface area is 147 Å². The van der Waals surface area contributed by atoms with Crippen molar-refractivity contribution in [3.8, 4) is 11.5 Å². The van der Waals surface area contributed by atoms with E-state index in [1.807, 2.05) is 22.6 Å². The van der Waals surface area contributed by atoms with Crippen LogP contribution in [0.25, 0.3) is 0 Å². The van der Waals surface area contributed by atoms with E-state index in [1.165, 1.54) is 31.5 Å². The van der Waals surface area contributed by atoms with Crippen molar-refractivity contribution in [3.05, 3.63) is 56.9 Å². The van der Waals surface area contributed by atoms with Crippen LogP contribution in [0.1, 0.15) is 23.3 Å². The first-order valence-electron chi connectivity index (χ1n) is 6.16. The van der Waals surface area contributed by atoms with Crippen molar-refractivity contribution < 1.29 is 19.0 Å². The molecule has 0 atom stereocenters. The van der Waals surface area contributed by atoms with Gasteiger partial charge >= 0.3 is 0 Å². The van der Waals surface area contributed by atoms with Gasteiger partial charge in [0.1, 0.15) is 5.82 Å². The molecule has 2 N–H and O–H groups in total. The van der Waals surface area contributed by atoms with Crippen LogP contribution in [-0.2, 0) is 0 Å². The maximum Gasteiger partial charge on any atom is 0.271 e. The van der Waals surface area contributed by atoms with E-state index in [0.717, 1.165) is 6.07 Å². The van der Waals surface area contributed by atoms with Crippen molar-refractivity contribution in [2.24, 2.45) is 5.10 Å². The van der Waals surface area contributed by atoms with E-state index in [2.05, 4.69) is 10.5 Å². The van der Waals surface area contributed by atoms with E-state index in [9.17, 15) is 14.3 Å². The van der Waals surface area contributed by atoms with Gasteiger partial charge in [-0.1, -0.05) is 13.5 Å². The number of phenolic OH excluding ortho intramolecular Hbond substituents is 1. The molecule has 7 heteroatoms. The molecule has 0 fully saturated rings. The van der Waals surface area contributed by atoms with Gasteiger partial charge < -0.3 is 9.84 Å². The Morgan fingerprint density at radius 3 is 2.78 bits per heavy atom. The molecule has 0 aliphatic carbocycles. The first-order valence-corrected chi connectivity index (χ1v) is 7.24. The monoisotopic (exact) mass is 430 g/mol. The molecule has 0 radical (unpaired) electrons. The van der Waals surface area contributed by atoms with E-state index < -0.39 is 11.7 Å². The number of benzene rings is 2. The zero-order valence-electron chi connectivity index (χ0n) is 11.5. The lowest BCUT2D eigenvalue weighted by Crippen LogP contribution is -2.17. The predicted octanol–water partition coefficient (Wildman–Crippen LogP) is 3.54. The number of carbonyl (C=O) groups is 1. The molecule has 1 amide bonds. The fourth-order valence-electron chi connectivity index (χ4n) is 1.68. The average molecular weight is 430 g/mol. The van der Waals surface area contributed by atoms with Gasteiger partial charge in [0.2, 0.25) is 0 Å². The van der Waals surface area contributed by atoms with Crippen molar-refractivity contribution in [3.63, 3.8) is 0 Å². The van der Waals surface area contributed by atoms with Crippen LogP contribution in [0, 0.1) is 9.39 Å². The Hall–Kier alpha value is -2.16. The van der Waals surface area contributed by atoms with Gasteiger partial charge in [0.15, 0.2) is 11.5 Å². The summed E-state index contributed by atoms with van der Waals surface area (Å²) in [4.78, 5) is 11.8. The standard InChI is InChI=1S/C15H12FIN2O3.CH4/c1-22-13-6-9(5-12(17)14(13)20)8-18-19-15(21)10-3-2-4-11(16)7-10;/h2-8,20H,1H3,(H,19,21);1H4/b18-8+;. The number of methoxy groups -OCH3 is 1. The summed E-state index contributed by atoms with van der Waals surface area (Å²) < 4.78 is 18.6.